The van der Waals surface area contributed by atoms with Crippen LogP contribution in [0.15, 0.2) is 0 Å². The molecule has 0 spiro atoms. The second kappa shape index (κ2) is 9.09. The Kier molecular flexibility index (Phi) is 6.77. The van der Waals surface area contributed by atoms with Crippen molar-refractivity contribution in [1.82, 2.24) is 25.8 Å². The van der Waals surface area contributed by atoms with Crippen LogP contribution in [-0.4, -0.2) is 91.7 Å². The first kappa shape index (κ1) is 20.9. The Morgan fingerprint density at radius 1 is 1.18 bits per heavy atom. The average molecular weight is 396 g/mol. The molecule has 3 atom stereocenters. The van der Waals surface area contributed by atoms with Crippen LogP contribution in [0.25, 0.3) is 0 Å². The lowest BCUT2D eigenvalue weighted by Crippen LogP contribution is -2.52. The number of nitrogens with one attached hydrogen (secondary N) is 3. The lowest BCUT2D eigenvalue weighted by Gasteiger charge is -2.25. The molecule has 0 aromatic heterocycles. The van der Waals surface area contributed by atoms with Crippen molar-refractivity contribution in [2.45, 2.75) is 57.3 Å². The molecule has 2 heterocycles. The molecule has 0 aromatic carbocycles. The molecule has 0 bridgehead atoms. The summed E-state index contributed by atoms with van der Waals surface area (Å²) in [4.78, 5) is 41.4. The van der Waals surface area contributed by atoms with Gasteiger partial charge in [0.05, 0.1) is 6.04 Å². The molecule has 9 nitrogen and oxygen atoms in total. The molecule has 3 aliphatic rings. The van der Waals surface area contributed by atoms with Crippen molar-refractivity contribution >= 4 is 17.8 Å². The van der Waals surface area contributed by atoms with E-state index in [4.69, 9.17) is 4.74 Å². The van der Waals surface area contributed by atoms with Gasteiger partial charge < -0.3 is 25.6 Å². The minimum atomic E-state index is -0.574. The number of hydrogen-bond donors (Lipinski definition) is 3. The summed E-state index contributed by atoms with van der Waals surface area (Å²) in [5.41, 5.74) is 0. The number of amides is 4. The van der Waals surface area contributed by atoms with Crippen molar-refractivity contribution in [2.75, 3.05) is 39.9 Å². The predicted octanol–water partition coefficient (Wildman–Crippen LogP) is -0.480. The maximum absolute atomic E-state index is 13.1. The maximum atomic E-state index is 13.1. The van der Waals surface area contributed by atoms with Gasteiger partial charge in [-0.25, -0.2) is 4.79 Å². The Bertz CT molecular complexity index is 595. The van der Waals surface area contributed by atoms with E-state index in [9.17, 15) is 14.4 Å². The van der Waals surface area contributed by atoms with E-state index in [0.717, 1.165) is 19.5 Å². The second-order valence-electron chi connectivity index (χ2n) is 8.56. The SMILES string of the molecule is COCC(=O)N[C@H]1CN(CC2CC2)C[C@@H]2C[C@H](NC(=O)NC(C)C)CN2C1=O. The minimum Gasteiger partial charge on any atom is -0.375 e. The van der Waals surface area contributed by atoms with Gasteiger partial charge in [-0.15, -0.1) is 0 Å². The van der Waals surface area contributed by atoms with E-state index in [1.807, 2.05) is 18.7 Å². The van der Waals surface area contributed by atoms with Gasteiger partial charge in [-0.05, 0) is 39.0 Å². The zero-order valence-corrected chi connectivity index (χ0v) is 17.1. The maximum Gasteiger partial charge on any atom is 0.315 e. The fraction of sp³-hybridized carbons (Fsp3) is 0.842. The van der Waals surface area contributed by atoms with Crippen LogP contribution in [0.5, 0.6) is 0 Å². The smallest absolute Gasteiger partial charge is 0.315 e. The van der Waals surface area contributed by atoms with E-state index in [1.165, 1.54) is 20.0 Å². The molecule has 0 unspecified atom stereocenters. The van der Waals surface area contributed by atoms with E-state index in [-0.39, 0.29) is 42.6 Å². The average Bonchev–Trinajstić information content (AvgIpc) is 3.34. The van der Waals surface area contributed by atoms with Gasteiger partial charge in [-0.3, -0.25) is 14.5 Å². The topological polar surface area (TPSA) is 103 Å². The Hall–Kier alpha value is -1.87. The third kappa shape index (κ3) is 5.57. The molecule has 3 N–H and O–H groups in total. The van der Waals surface area contributed by atoms with Crippen LogP contribution in [0.1, 0.15) is 33.1 Å². The largest absolute Gasteiger partial charge is 0.375 e. The third-order valence-electron chi connectivity index (χ3n) is 5.48. The van der Waals surface area contributed by atoms with Crippen LogP contribution >= 0.6 is 0 Å². The molecular weight excluding hydrogens is 362 g/mol. The van der Waals surface area contributed by atoms with Crippen molar-refractivity contribution < 1.29 is 19.1 Å². The molecular formula is C19H33N5O4. The van der Waals surface area contributed by atoms with Crippen LogP contribution in [-0.2, 0) is 14.3 Å². The fourth-order valence-electron chi connectivity index (χ4n) is 4.15. The summed E-state index contributed by atoms with van der Waals surface area (Å²) >= 11 is 0. The van der Waals surface area contributed by atoms with Gasteiger partial charge in [-0.2, -0.15) is 0 Å². The predicted molar refractivity (Wildman–Crippen MR) is 104 cm³/mol. The fourth-order valence-corrected chi connectivity index (χ4v) is 4.15. The molecule has 3 fully saturated rings. The highest BCUT2D eigenvalue weighted by Crippen LogP contribution is 2.31. The van der Waals surface area contributed by atoms with Gasteiger partial charge in [0.2, 0.25) is 11.8 Å². The van der Waals surface area contributed by atoms with Crippen LogP contribution in [0.3, 0.4) is 0 Å². The highest BCUT2D eigenvalue weighted by atomic mass is 16.5. The van der Waals surface area contributed by atoms with E-state index in [1.54, 1.807) is 0 Å². The molecule has 2 aliphatic heterocycles. The van der Waals surface area contributed by atoms with Crippen LogP contribution in [0, 0.1) is 5.92 Å². The quantitative estimate of drug-likeness (QED) is 0.540. The molecule has 1 saturated carbocycles. The van der Waals surface area contributed by atoms with Gasteiger partial charge in [0.15, 0.2) is 0 Å². The summed E-state index contributed by atoms with van der Waals surface area (Å²) in [7, 11) is 1.46. The molecule has 3 rings (SSSR count). The first-order chi connectivity index (χ1) is 13.4. The summed E-state index contributed by atoms with van der Waals surface area (Å²) in [6, 6.07) is -0.744. The van der Waals surface area contributed by atoms with Gasteiger partial charge in [0.1, 0.15) is 12.6 Å². The molecule has 0 radical (unpaired) electrons. The number of carbonyl (C=O) groups excluding carboxylic acids is 3. The molecule has 1 aliphatic carbocycles. The number of nitrogens with zero attached hydrogens (tertiary/aromatic N) is 2. The van der Waals surface area contributed by atoms with Crippen molar-refractivity contribution in [3.63, 3.8) is 0 Å². The number of carbonyl (C=O) groups is 3. The van der Waals surface area contributed by atoms with E-state index < -0.39 is 6.04 Å². The van der Waals surface area contributed by atoms with Gasteiger partial charge in [0, 0.05) is 45.4 Å². The summed E-state index contributed by atoms with van der Waals surface area (Å²) in [5.74, 6) is 0.348. The molecule has 28 heavy (non-hydrogen) atoms. The van der Waals surface area contributed by atoms with E-state index in [2.05, 4.69) is 20.9 Å². The second-order valence-corrected chi connectivity index (χ2v) is 8.56. The van der Waals surface area contributed by atoms with Crippen molar-refractivity contribution in [1.29, 1.82) is 0 Å². The Labute approximate surface area is 166 Å². The summed E-state index contributed by atoms with van der Waals surface area (Å²) in [5, 5.41) is 8.64. The van der Waals surface area contributed by atoms with Crippen molar-refractivity contribution in [3.05, 3.63) is 0 Å². The Morgan fingerprint density at radius 2 is 1.93 bits per heavy atom. The van der Waals surface area contributed by atoms with Crippen molar-refractivity contribution in [3.8, 4) is 0 Å². The number of urea groups is 1. The van der Waals surface area contributed by atoms with E-state index >= 15 is 0 Å². The monoisotopic (exact) mass is 395 g/mol. The zero-order chi connectivity index (χ0) is 20.3. The highest BCUT2D eigenvalue weighted by Gasteiger charge is 2.43. The first-order valence-electron chi connectivity index (χ1n) is 10.2. The first-order valence-corrected chi connectivity index (χ1v) is 10.2. The van der Waals surface area contributed by atoms with Crippen LogP contribution < -0.4 is 16.0 Å². The zero-order valence-electron chi connectivity index (χ0n) is 17.1. The van der Waals surface area contributed by atoms with Crippen molar-refractivity contribution in [2.24, 2.45) is 5.92 Å². The molecule has 158 valence electrons. The lowest BCUT2D eigenvalue weighted by atomic mass is 10.1. The number of hydrogen-bond acceptors (Lipinski definition) is 5. The summed E-state index contributed by atoms with van der Waals surface area (Å²) < 4.78 is 4.89. The molecule has 2 saturated heterocycles. The number of fused-ring (bicyclic) bond motifs is 1. The van der Waals surface area contributed by atoms with Gasteiger partial charge in [-0.1, -0.05) is 0 Å². The highest BCUT2D eigenvalue weighted by molar-refractivity contribution is 5.89. The van der Waals surface area contributed by atoms with Gasteiger partial charge >= 0.3 is 6.03 Å². The Balaban J connectivity index is 1.66. The Morgan fingerprint density at radius 3 is 2.57 bits per heavy atom. The molecule has 0 aromatic rings. The lowest BCUT2D eigenvalue weighted by molar-refractivity contribution is -0.137. The summed E-state index contributed by atoms with van der Waals surface area (Å²) in [6.45, 7) is 6.51. The standard InChI is InChI=1S/C19H33N5O4/c1-12(2)20-19(27)21-14-6-15-9-23(7-13-4-5-13)10-16(18(26)24(15)8-14)22-17(25)11-28-3/h12-16H,4-11H2,1-3H3,(H,22,25)(H2,20,21,27)/t14-,15-,16-/m0/s1. The van der Waals surface area contributed by atoms with E-state index in [0.29, 0.717) is 19.0 Å². The minimum absolute atomic E-state index is 0.0555. The normalized spacial score (nSPS) is 28.1. The number of ether oxygens (including phenoxy) is 1. The van der Waals surface area contributed by atoms with Crippen LogP contribution in [0.4, 0.5) is 4.79 Å². The number of rotatable bonds is 7. The summed E-state index contributed by atoms with van der Waals surface area (Å²) in [6.07, 6.45) is 3.20. The number of methoxy groups -OCH3 is 1. The third-order valence-corrected chi connectivity index (χ3v) is 5.48. The molecule has 4 amide bonds. The van der Waals surface area contributed by atoms with Gasteiger partial charge in [0.25, 0.3) is 0 Å². The van der Waals surface area contributed by atoms with Crippen LogP contribution in [0.2, 0.25) is 0 Å². The molecule has 9 heteroatoms.